The van der Waals surface area contributed by atoms with Gasteiger partial charge in [0.2, 0.25) is 5.91 Å². The maximum atomic E-state index is 12.1. The Morgan fingerprint density at radius 2 is 1.71 bits per heavy atom. The predicted octanol–water partition coefficient (Wildman–Crippen LogP) is 4.17. The highest BCUT2D eigenvalue weighted by molar-refractivity contribution is 7.99. The van der Waals surface area contributed by atoms with Crippen molar-refractivity contribution in [3.8, 4) is 0 Å². The van der Waals surface area contributed by atoms with Gasteiger partial charge in [-0.25, -0.2) is 0 Å². The molecule has 1 N–H and O–H groups in total. The van der Waals surface area contributed by atoms with E-state index in [0.717, 1.165) is 11.3 Å². The summed E-state index contributed by atoms with van der Waals surface area (Å²) >= 11 is 1.70. The smallest absolute Gasteiger partial charge is 0.220 e. The molecule has 126 valence electrons. The molecule has 0 bridgehead atoms. The van der Waals surface area contributed by atoms with Crippen LogP contribution in [0.15, 0.2) is 53.4 Å². The average molecular weight is 341 g/mol. The minimum atomic E-state index is -0.0687. The van der Waals surface area contributed by atoms with Crippen LogP contribution in [-0.4, -0.2) is 24.0 Å². The first-order valence-electron chi connectivity index (χ1n) is 8.11. The van der Waals surface area contributed by atoms with E-state index in [1.165, 1.54) is 10.5 Å². The lowest BCUT2D eigenvalue weighted by molar-refractivity contribution is -0.120. The van der Waals surface area contributed by atoms with Gasteiger partial charge in [0.15, 0.2) is 5.78 Å². The number of hydrogen-bond acceptors (Lipinski definition) is 3. The molecule has 0 spiro atoms. The fourth-order valence-electron chi connectivity index (χ4n) is 2.25. The van der Waals surface area contributed by atoms with Crippen molar-refractivity contribution in [1.29, 1.82) is 0 Å². The highest BCUT2D eigenvalue weighted by atomic mass is 32.2. The van der Waals surface area contributed by atoms with Crippen LogP contribution in [0.4, 0.5) is 0 Å². The Bertz CT molecular complexity index is 698. The molecule has 0 aliphatic carbocycles. The van der Waals surface area contributed by atoms with Crippen molar-refractivity contribution in [1.82, 2.24) is 5.32 Å². The van der Waals surface area contributed by atoms with E-state index < -0.39 is 0 Å². The number of carbonyl (C=O) groups is 2. The Hall–Kier alpha value is -2.07. The van der Waals surface area contributed by atoms with Gasteiger partial charge in [0.05, 0.1) is 0 Å². The van der Waals surface area contributed by atoms with E-state index in [4.69, 9.17) is 0 Å². The van der Waals surface area contributed by atoms with Crippen molar-refractivity contribution in [3.05, 3.63) is 65.2 Å². The molecule has 0 saturated carbocycles. The van der Waals surface area contributed by atoms with Crippen LogP contribution in [0.5, 0.6) is 0 Å². The van der Waals surface area contributed by atoms with Crippen molar-refractivity contribution in [2.24, 2.45) is 0 Å². The number of amides is 1. The number of aryl methyl sites for hydroxylation is 2. The quantitative estimate of drug-likeness (QED) is 0.445. The van der Waals surface area contributed by atoms with Crippen molar-refractivity contribution < 1.29 is 9.59 Å². The molecule has 0 aromatic heterocycles. The topological polar surface area (TPSA) is 46.2 Å². The van der Waals surface area contributed by atoms with Gasteiger partial charge in [-0.05, 0) is 43.2 Å². The van der Waals surface area contributed by atoms with Crippen LogP contribution >= 0.6 is 11.8 Å². The molecule has 0 saturated heterocycles. The molecule has 0 fully saturated rings. The summed E-state index contributed by atoms with van der Waals surface area (Å²) in [4.78, 5) is 25.2. The molecule has 0 unspecified atom stereocenters. The molecule has 3 nitrogen and oxygen atoms in total. The summed E-state index contributed by atoms with van der Waals surface area (Å²) in [5.74, 6) is 0.772. The predicted molar refractivity (Wildman–Crippen MR) is 99.7 cm³/mol. The monoisotopic (exact) mass is 341 g/mol. The van der Waals surface area contributed by atoms with E-state index in [0.29, 0.717) is 12.1 Å². The Balaban J connectivity index is 1.67. The second kappa shape index (κ2) is 9.28. The van der Waals surface area contributed by atoms with E-state index in [1.54, 1.807) is 11.8 Å². The van der Waals surface area contributed by atoms with Gasteiger partial charge in [-0.15, -0.1) is 11.8 Å². The number of benzene rings is 2. The number of nitrogens with one attached hydrogen (secondary N) is 1. The van der Waals surface area contributed by atoms with Crippen molar-refractivity contribution in [3.63, 3.8) is 0 Å². The zero-order valence-corrected chi connectivity index (χ0v) is 15.0. The van der Waals surface area contributed by atoms with Crippen LogP contribution < -0.4 is 5.32 Å². The van der Waals surface area contributed by atoms with Crippen molar-refractivity contribution in [2.45, 2.75) is 31.6 Å². The molecule has 1 amide bonds. The molecule has 0 atom stereocenters. The molecule has 2 aromatic rings. The van der Waals surface area contributed by atoms with Gasteiger partial charge in [-0.2, -0.15) is 0 Å². The standard InChI is InChI=1S/C20H23NO2S/c1-15-8-9-17(14-16(15)2)19(22)10-11-20(23)21-12-13-24-18-6-4-3-5-7-18/h3-9,14H,10-13H2,1-2H3,(H,21,23). The minimum Gasteiger partial charge on any atom is -0.355 e. The molecular weight excluding hydrogens is 318 g/mol. The number of ketones is 1. The van der Waals surface area contributed by atoms with E-state index in [2.05, 4.69) is 17.4 Å². The highest BCUT2D eigenvalue weighted by Gasteiger charge is 2.10. The number of carbonyl (C=O) groups excluding carboxylic acids is 2. The first-order valence-corrected chi connectivity index (χ1v) is 9.10. The molecule has 2 aromatic carbocycles. The zero-order valence-electron chi connectivity index (χ0n) is 14.2. The summed E-state index contributed by atoms with van der Waals surface area (Å²) in [6.07, 6.45) is 0.488. The van der Waals surface area contributed by atoms with Crippen molar-refractivity contribution >= 4 is 23.5 Å². The molecular formula is C20H23NO2S. The molecule has 24 heavy (non-hydrogen) atoms. The third-order valence-corrected chi connectivity index (χ3v) is 4.86. The number of hydrogen-bond donors (Lipinski definition) is 1. The van der Waals surface area contributed by atoms with Crippen LogP contribution in [0.3, 0.4) is 0 Å². The largest absolute Gasteiger partial charge is 0.355 e. The lowest BCUT2D eigenvalue weighted by Gasteiger charge is -2.06. The summed E-state index contributed by atoms with van der Waals surface area (Å²) in [5, 5.41) is 2.87. The summed E-state index contributed by atoms with van der Waals surface area (Å²) in [7, 11) is 0. The Morgan fingerprint density at radius 3 is 2.42 bits per heavy atom. The molecule has 4 heteroatoms. The van der Waals surface area contributed by atoms with Crippen molar-refractivity contribution in [2.75, 3.05) is 12.3 Å². The maximum Gasteiger partial charge on any atom is 0.220 e. The van der Waals surface area contributed by atoms with Gasteiger partial charge >= 0.3 is 0 Å². The molecule has 0 radical (unpaired) electrons. The Labute approximate surface area is 147 Å². The van der Waals surface area contributed by atoms with Crippen LogP contribution in [0.1, 0.15) is 34.3 Å². The lowest BCUT2D eigenvalue weighted by Crippen LogP contribution is -2.26. The normalized spacial score (nSPS) is 10.4. The van der Waals surface area contributed by atoms with E-state index in [1.807, 2.05) is 50.2 Å². The number of thioether (sulfide) groups is 1. The maximum absolute atomic E-state index is 12.1. The summed E-state index contributed by atoms with van der Waals surface area (Å²) < 4.78 is 0. The van der Waals surface area contributed by atoms with Gasteiger partial charge in [-0.1, -0.05) is 30.3 Å². The van der Waals surface area contributed by atoms with Gasteiger partial charge in [0.1, 0.15) is 0 Å². The van der Waals surface area contributed by atoms with E-state index in [-0.39, 0.29) is 24.5 Å². The third kappa shape index (κ3) is 5.85. The molecule has 0 aliphatic heterocycles. The second-order valence-electron chi connectivity index (χ2n) is 5.73. The SMILES string of the molecule is Cc1ccc(C(=O)CCC(=O)NCCSc2ccccc2)cc1C. The molecule has 0 aliphatic rings. The Morgan fingerprint density at radius 1 is 0.958 bits per heavy atom. The summed E-state index contributed by atoms with van der Waals surface area (Å²) in [6.45, 7) is 4.62. The average Bonchev–Trinajstić information content (AvgIpc) is 2.60. The van der Waals surface area contributed by atoms with Crippen LogP contribution in [0, 0.1) is 13.8 Å². The highest BCUT2D eigenvalue weighted by Crippen LogP contribution is 2.16. The fourth-order valence-corrected chi connectivity index (χ4v) is 3.04. The lowest BCUT2D eigenvalue weighted by atomic mass is 10.0. The summed E-state index contributed by atoms with van der Waals surface area (Å²) in [6, 6.07) is 15.8. The second-order valence-corrected chi connectivity index (χ2v) is 6.90. The fraction of sp³-hybridized carbons (Fsp3) is 0.300. The van der Waals surface area contributed by atoms with Crippen LogP contribution in [0.25, 0.3) is 0 Å². The van der Waals surface area contributed by atoms with Crippen LogP contribution in [-0.2, 0) is 4.79 Å². The van der Waals surface area contributed by atoms with Gasteiger partial charge < -0.3 is 5.32 Å². The van der Waals surface area contributed by atoms with Gasteiger partial charge in [0.25, 0.3) is 0 Å². The van der Waals surface area contributed by atoms with Gasteiger partial charge in [0, 0.05) is 35.6 Å². The zero-order chi connectivity index (χ0) is 17.4. The minimum absolute atomic E-state index is 0.0203. The number of Topliss-reactive ketones (excluding diaryl/α,β-unsaturated/α-hetero) is 1. The Kier molecular flexibility index (Phi) is 7.07. The molecule has 0 heterocycles. The summed E-state index contributed by atoms with van der Waals surface area (Å²) in [5.41, 5.74) is 2.95. The first-order chi connectivity index (χ1) is 11.6. The van der Waals surface area contributed by atoms with Crippen LogP contribution in [0.2, 0.25) is 0 Å². The first kappa shape index (κ1) is 18.3. The molecule has 2 rings (SSSR count). The number of rotatable bonds is 8. The van der Waals surface area contributed by atoms with E-state index >= 15 is 0 Å². The van der Waals surface area contributed by atoms with Gasteiger partial charge in [-0.3, -0.25) is 9.59 Å². The third-order valence-electron chi connectivity index (χ3n) is 3.84. The van der Waals surface area contributed by atoms with E-state index in [9.17, 15) is 9.59 Å².